The highest BCUT2D eigenvalue weighted by atomic mass is 32.2. The van der Waals surface area contributed by atoms with Crippen LogP contribution < -0.4 is 5.73 Å². The first-order valence-corrected chi connectivity index (χ1v) is 6.65. The molecule has 7 nitrogen and oxygen atoms in total. The molecule has 0 saturated carbocycles. The fraction of sp³-hybridized carbons (Fsp3) is 0.857. The van der Waals surface area contributed by atoms with Gasteiger partial charge in [-0.1, -0.05) is 0 Å². The van der Waals surface area contributed by atoms with Crippen molar-refractivity contribution in [3.63, 3.8) is 0 Å². The molecule has 1 atom stereocenters. The van der Waals surface area contributed by atoms with E-state index in [1.165, 1.54) is 10.9 Å². The fourth-order valence-electron chi connectivity index (χ4n) is 1.17. The predicted molar refractivity (Wildman–Crippen MR) is 54.7 cm³/mol. The maximum Gasteiger partial charge on any atom is 0.167 e. The van der Waals surface area contributed by atoms with Crippen molar-refractivity contribution < 1.29 is 8.42 Å². The third-order valence-electron chi connectivity index (χ3n) is 1.85. The number of hydrogen-bond donors (Lipinski definition) is 1. The van der Waals surface area contributed by atoms with E-state index in [1.54, 1.807) is 6.92 Å². The summed E-state index contributed by atoms with van der Waals surface area (Å²) in [5.74, 6) is 0.703. The van der Waals surface area contributed by atoms with E-state index in [4.69, 9.17) is 5.73 Å². The lowest BCUT2D eigenvalue weighted by molar-refractivity contribution is 0.531. The van der Waals surface area contributed by atoms with Crippen molar-refractivity contribution in [3.05, 3.63) is 5.82 Å². The van der Waals surface area contributed by atoms with Crippen molar-refractivity contribution in [2.24, 2.45) is 5.73 Å². The van der Waals surface area contributed by atoms with E-state index in [-0.39, 0.29) is 11.8 Å². The molecule has 1 aromatic rings. The number of aromatic nitrogens is 4. The summed E-state index contributed by atoms with van der Waals surface area (Å²) < 4.78 is 23.3. The molecule has 0 amide bonds. The monoisotopic (exact) mass is 233 g/mol. The molecule has 0 aliphatic heterocycles. The van der Waals surface area contributed by atoms with Crippen LogP contribution in [0.15, 0.2) is 0 Å². The lowest BCUT2D eigenvalue weighted by Crippen LogP contribution is -2.16. The summed E-state index contributed by atoms with van der Waals surface area (Å²) in [7, 11) is -2.92. The highest BCUT2D eigenvalue weighted by Crippen LogP contribution is 2.04. The second kappa shape index (κ2) is 4.67. The van der Waals surface area contributed by atoms with Crippen molar-refractivity contribution in [1.82, 2.24) is 20.2 Å². The zero-order valence-corrected chi connectivity index (χ0v) is 9.61. The van der Waals surface area contributed by atoms with Crippen LogP contribution in [0.5, 0.6) is 0 Å². The SMILES string of the molecule is CC(N)c1nnnn1CCCS(C)(=O)=O. The maximum atomic E-state index is 10.9. The Bertz CT molecular complexity index is 411. The zero-order chi connectivity index (χ0) is 11.5. The first-order valence-electron chi connectivity index (χ1n) is 4.59. The highest BCUT2D eigenvalue weighted by Gasteiger charge is 2.10. The van der Waals surface area contributed by atoms with Gasteiger partial charge in [0.05, 0.1) is 11.8 Å². The average Bonchev–Trinajstić information content (AvgIpc) is 2.49. The molecule has 2 N–H and O–H groups in total. The van der Waals surface area contributed by atoms with Gasteiger partial charge in [0, 0.05) is 12.8 Å². The fourth-order valence-corrected chi connectivity index (χ4v) is 1.83. The van der Waals surface area contributed by atoms with Crippen LogP contribution in [0.25, 0.3) is 0 Å². The Morgan fingerprint density at radius 2 is 2.20 bits per heavy atom. The number of aryl methyl sites for hydroxylation is 1. The van der Waals surface area contributed by atoms with Crippen LogP contribution in [-0.2, 0) is 16.4 Å². The molecule has 0 fully saturated rings. The zero-order valence-electron chi connectivity index (χ0n) is 8.79. The quantitative estimate of drug-likeness (QED) is 0.708. The van der Waals surface area contributed by atoms with Gasteiger partial charge in [0.2, 0.25) is 0 Å². The summed E-state index contributed by atoms with van der Waals surface area (Å²) in [6.07, 6.45) is 1.70. The molecule has 15 heavy (non-hydrogen) atoms. The molecule has 0 aliphatic carbocycles. The van der Waals surface area contributed by atoms with Crippen molar-refractivity contribution in [1.29, 1.82) is 0 Å². The molecule has 1 rings (SSSR count). The summed E-state index contributed by atoms with van der Waals surface area (Å²) in [6, 6.07) is -0.252. The summed E-state index contributed by atoms with van der Waals surface area (Å²) in [6.45, 7) is 2.25. The largest absolute Gasteiger partial charge is 0.322 e. The van der Waals surface area contributed by atoms with Gasteiger partial charge in [0.1, 0.15) is 9.84 Å². The van der Waals surface area contributed by atoms with Crippen LogP contribution in [0.3, 0.4) is 0 Å². The van der Waals surface area contributed by atoms with E-state index in [1.807, 2.05) is 0 Å². The van der Waals surface area contributed by atoms with E-state index < -0.39 is 9.84 Å². The number of hydrogen-bond acceptors (Lipinski definition) is 6. The lowest BCUT2D eigenvalue weighted by atomic mass is 10.3. The highest BCUT2D eigenvalue weighted by molar-refractivity contribution is 7.90. The molecular weight excluding hydrogens is 218 g/mol. The van der Waals surface area contributed by atoms with E-state index in [9.17, 15) is 8.42 Å². The molecule has 86 valence electrons. The Morgan fingerprint density at radius 3 is 2.73 bits per heavy atom. The van der Waals surface area contributed by atoms with Crippen LogP contribution in [0.4, 0.5) is 0 Å². The summed E-state index contributed by atoms with van der Waals surface area (Å²) in [5, 5.41) is 11.0. The van der Waals surface area contributed by atoms with Gasteiger partial charge in [-0.05, 0) is 23.8 Å². The van der Waals surface area contributed by atoms with Gasteiger partial charge >= 0.3 is 0 Å². The van der Waals surface area contributed by atoms with Gasteiger partial charge in [-0.25, -0.2) is 13.1 Å². The van der Waals surface area contributed by atoms with E-state index in [0.717, 1.165) is 0 Å². The molecule has 0 radical (unpaired) electrons. The Balaban J connectivity index is 2.54. The molecular formula is C7H15N5O2S. The third-order valence-corrected chi connectivity index (χ3v) is 2.88. The summed E-state index contributed by atoms with van der Waals surface area (Å²) >= 11 is 0. The summed E-state index contributed by atoms with van der Waals surface area (Å²) in [4.78, 5) is 0. The average molecular weight is 233 g/mol. The first-order chi connectivity index (χ1) is 6.90. The Labute approximate surface area is 88.6 Å². The van der Waals surface area contributed by atoms with Gasteiger partial charge in [0.15, 0.2) is 5.82 Å². The molecule has 8 heteroatoms. The minimum absolute atomic E-state index is 0.130. The van der Waals surface area contributed by atoms with Crippen molar-refractivity contribution in [3.8, 4) is 0 Å². The van der Waals surface area contributed by atoms with E-state index in [0.29, 0.717) is 18.8 Å². The molecule has 0 spiro atoms. The minimum atomic E-state index is -2.92. The smallest absolute Gasteiger partial charge is 0.167 e. The Kier molecular flexibility index (Phi) is 3.75. The molecule has 0 aliphatic rings. The molecule has 1 aromatic heterocycles. The Hall–Kier alpha value is -1.02. The molecule has 1 unspecified atom stereocenters. The summed E-state index contributed by atoms with van der Waals surface area (Å²) in [5.41, 5.74) is 5.63. The maximum absolute atomic E-state index is 10.9. The van der Waals surface area contributed by atoms with Crippen molar-refractivity contribution in [2.45, 2.75) is 25.9 Å². The standard InChI is InChI=1S/C7H15N5O2S/c1-6(8)7-9-10-11-12(7)4-3-5-15(2,13)14/h6H,3-5,8H2,1-2H3. The molecule has 1 heterocycles. The van der Waals surface area contributed by atoms with Crippen LogP contribution in [0.2, 0.25) is 0 Å². The number of sulfone groups is 1. The van der Waals surface area contributed by atoms with Crippen molar-refractivity contribution in [2.75, 3.05) is 12.0 Å². The van der Waals surface area contributed by atoms with Gasteiger partial charge in [-0.3, -0.25) is 0 Å². The number of tetrazole rings is 1. The Morgan fingerprint density at radius 1 is 1.53 bits per heavy atom. The minimum Gasteiger partial charge on any atom is -0.322 e. The normalized spacial score (nSPS) is 14.1. The molecule has 0 saturated heterocycles. The van der Waals surface area contributed by atoms with Crippen LogP contribution in [0.1, 0.15) is 25.2 Å². The molecule has 0 bridgehead atoms. The number of nitrogens with zero attached hydrogens (tertiary/aromatic N) is 4. The lowest BCUT2D eigenvalue weighted by Gasteiger charge is -2.05. The van der Waals surface area contributed by atoms with Gasteiger partial charge in [-0.2, -0.15) is 0 Å². The topological polar surface area (TPSA) is 104 Å². The van der Waals surface area contributed by atoms with Gasteiger partial charge in [0.25, 0.3) is 0 Å². The van der Waals surface area contributed by atoms with Crippen LogP contribution in [0, 0.1) is 0 Å². The molecule has 0 aromatic carbocycles. The van der Waals surface area contributed by atoms with Gasteiger partial charge in [-0.15, -0.1) is 5.10 Å². The van der Waals surface area contributed by atoms with Crippen LogP contribution >= 0.6 is 0 Å². The second-order valence-electron chi connectivity index (χ2n) is 3.53. The second-order valence-corrected chi connectivity index (χ2v) is 5.79. The van der Waals surface area contributed by atoms with Gasteiger partial charge < -0.3 is 5.73 Å². The van der Waals surface area contributed by atoms with E-state index >= 15 is 0 Å². The van der Waals surface area contributed by atoms with E-state index in [2.05, 4.69) is 15.5 Å². The first kappa shape index (κ1) is 12.1. The number of nitrogens with two attached hydrogens (primary N) is 1. The number of rotatable bonds is 5. The third kappa shape index (κ3) is 3.92. The van der Waals surface area contributed by atoms with Crippen molar-refractivity contribution >= 4 is 9.84 Å². The predicted octanol–water partition coefficient (Wildman–Crippen LogP) is -0.872. The van der Waals surface area contributed by atoms with Crippen LogP contribution in [-0.4, -0.2) is 40.6 Å².